The summed E-state index contributed by atoms with van der Waals surface area (Å²) in [6.07, 6.45) is 3.35. The first kappa shape index (κ1) is 21.6. The van der Waals surface area contributed by atoms with E-state index in [1.54, 1.807) is 0 Å². The molecule has 1 aromatic rings. The molecule has 1 unspecified atom stereocenters. The molecule has 160 valence electrons. The van der Waals surface area contributed by atoms with Gasteiger partial charge in [0.2, 0.25) is 11.8 Å². The Bertz CT molecular complexity index is 819. The number of hydrogen-bond acceptors (Lipinski definition) is 5. The third kappa shape index (κ3) is 6.44. The highest BCUT2D eigenvalue weighted by Crippen LogP contribution is 2.33. The van der Waals surface area contributed by atoms with Gasteiger partial charge >= 0.3 is 0 Å². The van der Waals surface area contributed by atoms with Gasteiger partial charge in [-0.2, -0.15) is 5.26 Å². The number of ether oxygens (including phenoxy) is 1. The quantitative estimate of drug-likeness (QED) is 0.526. The van der Waals surface area contributed by atoms with Crippen molar-refractivity contribution in [3.05, 3.63) is 30.1 Å². The molecule has 1 aromatic carbocycles. The fraction of sp³-hybridized carbons (Fsp3) is 0.524. The topological polar surface area (TPSA) is 120 Å². The summed E-state index contributed by atoms with van der Waals surface area (Å²) in [5, 5.41) is 17.4. The largest absolute Gasteiger partial charge is 0.484 e. The number of hydrogen-bond donors (Lipinski definition) is 3. The van der Waals surface area contributed by atoms with Crippen molar-refractivity contribution in [2.24, 2.45) is 11.8 Å². The molecule has 0 radical (unpaired) electrons. The van der Waals surface area contributed by atoms with E-state index in [-0.39, 0.29) is 24.9 Å². The molecule has 0 aromatic heterocycles. The van der Waals surface area contributed by atoms with Crippen LogP contribution in [0.4, 0.5) is 4.39 Å². The summed E-state index contributed by atoms with van der Waals surface area (Å²) in [6, 6.07) is 5.71. The monoisotopic (exact) mass is 416 g/mol. The average molecular weight is 416 g/mol. The molecule has 2 fully saturated rings. The van der Waals surface area contributed by atoms with Crippen LogP contribution >= 0.6 is 0 Å². The number of benzene rings is 1. The van der Waals surface area contributed by atoms with Gasteiger partial charge in [-0.3, -0.25) is 14.4 Å². The van der Waals surface area contributed by atoms with E-state index in [1.165, 1.54) is 24.3 Å². The van der Waals surface area contributed by atoms with Crippen molar-refractivity contribution >= 4 is 17.7 Å². The van der Waals surface area contributed by atoms with Gasteiger partial charge in [0, 0.05) is 12.5 Å². The molecule has 8 nitrogen and oxygen atoms in total. The third-order valence-electron chi connectivity index (χ3n) is 5.26. The Kier molecular flexibility index (Phi) is 7.22. The van der Waals surface area contributed by atoms with Gasteiger partial charge in [-0.1, -0.05) is 12.8 Å². The summed E-state index contributed by atoms with van der Waals surface area (Å²) in [6.45, 7) is 0.258. The number of nitriles is 1. The first-order chi connectivity index (χ1) is 14.4. The second kappa shape index (κ2) is 10.1. The van der Waals surface area contributed by atoms with Crippen molar-refractivity contribution in [1.29, 1.82) is 5.26 Å². The van der Waals surface area contributed by atoms with Gasteiger partial charge in [0.05, 0.1) is 6.07 Å². The van der Waals surface area contributed by atoms with Crippen LogP contribution in [0, 0.1) is 29.0 Å². The average Bonchev–Trinajstić information content (AvgIpc) is 3.46. The van der Waals surface area contributed by atoms with Crippen LogP contribution in [0.5, 0.6) is 5.75 Å². The Morgan fingerprint density at radius 2 is 1.93 bits per heavy atom. The molecule has 3 atom stereocenters. The van der Waals surface area contributed by atoms with E-state index in [4.69, 9.17) is 4.74 Å². The maximum atomic E-state index is 12.9. The van der Waals surface area contributed by atoms with E-state index in [2.05, 4.69) is 16.0 Å². The van der Waals surface area contributed by atoms with Gasteiger partial charge < -0.3 is 20.7 Å². The lowest BCUT2D eigenvalue weighted by atomic mass is 9.98. The first-order valence-corrected chi connectivity index (χ1v) is 10.1. The molecule has 3 N–H and O–H groups in total. The molecular formula is C21H25FN4O4. The van der Waals surface area contributed by atoms with Gasteiger partial charge in [-0.05, 0) is 49.4 Å². The second-order valence-electron chi connectivity index (χ2n) is 7.74. The van der Waals surface area contributed by atoms with E-state index in [0.717, 1.165) is 12.8 Å². The molecule has 9 heteroatoms. The molecule has 1 aliphatic heterocycles. The van der Waals surface area contributed by atoms with Gasteiger partial charge in [-0.25, -0.2) is 4.39 Å². The summed E-state index contributed by atoms with van der Waals surface area (Å²) < 4.78 is 18.3. The zero-order valence-corrected chi connectivity index (χ0v) is 16.5. The first-order valence-electron chi connectivity index (χ1n) is 10.1. The van der Waals surface area contributed by atoms with E-state index in [1.807, 2.05) is 6.07 Å². The van der Waals surface area contributed by atoms with Crippen LogP contribution in [0.1, 0.15) is 32.1 Å². The number of carbonyl (C=O) groups is 3. The van der Waals surface area contributed by atoms with Crippen molar-refractivity contribution < 1.29 is 23.5 Å². The molecule has 1 saturated carbocycles. The van der Waals surface area contributed by atoms with Crippen LogP contribution in [0.15, 0.2) is 24.3 Å². The highest BCUT2D eigenvalue weighted by Gasteiger charge is 2.33. The number of amides is 3. The van der Waals surface area contributed by atoms with E-state index < -0.39 is 29.7 Å². The Morgan fingerprint density at radius 1 is 1.20 bits per heavy atom. The van der Waals surface area contributed by atoms with Crippen molar-refractivity contribution in [1.82, 2.24) is 16.0 Å². The molecule has 30 heavy (non-hydrogen) atoms. The van der Waals surface area contributed by atoms with E-state index >= 15 is 0 Å². The zero-order chi connectivity index (χ0) is 21.5. The van der Waals surface area contributed by atoms with Gasteiger partial charge in [0.1, 0.15) is 23.7 Å². The smallest absolute Gasteiger partial charge is 0.258 e. The number of nitrogens with one attached hydrogen (secondary N) is 3. The second-order valence-corrected chi connectivity index (χ2v) is 7.74. The summed E-state index contributed by atoms with van der Waals surface area (Å²) in [7, 11) is 0. The predicted molar refractivity (Wildman–Crippen MR) is 104 cm³/mol. The maximum Gasteiger partial charge on any atom is 0.258 e. The minimum atomic E-state index is -0.805. The molecule has 3 rings (SSSR count). The standard InChI is InChI=1S/C21H25FN4O4/c22-15-3-5-17(6-4-15)30-12-19(27)26-18(9-13-1-2-13)21(29)25-16(11-23)10-14-7-8-24-20(14)28/h3-6,13-14,16,18H,1-2,7-10,12H2,(H,24,28)(H,25,29)(H,26,27)/t14-,16-,18?/m0/s1. The lowest BCUT2D eigenvalue weighted by molar-refractivity contribution is -0.130. The lowest BCUT2D eigenvalue weighted by Gasteiger charge is -2.21. The molecule has 1 heterocycles. The van der Waals surface area contributed by atoms with Crippen LogP contribution < -0.4 is 20.7 Å². The summed E-state index contributed by atoms with van der Waals surface area (Å²) in [5.74, 6) is -1.03. The molecule has 0 spiro atoms. The van der Waals surface area contributed by atoms with Gasteiger partial charge in [0.15, 0.2) is 6.61 Å². The fourth-order valence-electron chi connectivity index (χ4n) is 3.40. The lowest BCUT2D eigenvalue weighted by Crippen LogP contribution is -2.51. The van der Waals surface area contributed by atoms with Crippen molar-refractivity contribution in [2.45, 2.75) is 44.2 Å². The summed E-state index contributed by atoms with van der Waals surface area (Å²) >= 11 is 0. The minimum Gasteiger partial charge on any atom is -0.484 e. The third-order valence-corrected chi connectivity index (χ3v) is 5.26. The Hall–Kier alpha value is -3.15. The number of halogens is 1. The number of carbonyl (C=O) groups excluding carboxylic acids is 3. The summed E-state index contributed by atoms with van der Waals surface area (Å²) in [4.78, 5) is 36.7. The SMILES string of the molecule is N#C[C@H](C[C@@H]1CCNC1=O)NC(=O)C(CC1CC1)NC(=O)COc1ccc(F)cc1. The number of nitrogens with zero attached hydrogens (tertiary/aromatic N) is 1. The van der Waals surface area contributed by atoms with Crippen LogP contribution in [0.2, 0.25) is 0 Å². The van der Waals surface area contributed by atoms with Crippen molar-refractivity contribution in [2.75, 3.05) is 13.2 Å². The Balaban J connectivity index is 1.52. The van der Waals surface area contributed by atoms with Crippen LogP contribution in [0.3, 0.4) is 0 Å². The fourth-order valence-corrected chi connectivity index (χ4v) is 3.40. The highest BCUT2D eigenvalue weighted by molar-refractivity contribution is 5.88. The molecule has 2 aliphatic rings. The zero-order valence-electron chi connectivity index (χ0n) is 16.5. The van der Waals surface area contributed by atoms with Crippen LogP contribution in [-0.4, -0.2) is 43.0 Å². The van der Waals surface area contributed by atoms with Crippen molar-refractivity contribution in [3.8, 4) is 11.8 Å². The molecule has 1 aliphatic carbocycles. The van der Waals surface area contributed by atoms with Crippen LogP contribution in [-0.2, 0) is 14.4 Å². The molecule has 1 saturated heterocycles. The van der Waals surface area contributed by atoms with Gasteiger partial charge in [0.25, 0.3) is 5.91 Å². The molecule has 3 amide bonds. The highest BCUT2D eigenvalue weighted by atomic mass is 19.1. The van der Waals surface area contributed by atoms with E-state index in [0.29, 0.717) is 31.1 Å². The molecular weight excluding hydrogens is 391 g/mol. The predicted octanol–water partition coefficient (Wildman–Crippen LogP) is 1.02. The van der Waals surface area contributed by atoms with Gasteiger partial charge in [-0.15, -0.1) is 0 Å². The van der Waals surface area contributed by atoms with Crippen LogP contribution in [0.25, 0.3) is 0 Å². The van der Waals surface area contributed by atoms with Crippen molar-refractivity contribution in [3.63, 3.8) is 0 Å². The summed E-state index contributed by atoms with van der Waals surface area (Å²) in [5.41, 5.74) is 0. The minimum absolute atomic E-state index is 0.106. The maximum absolute atomic E-state index is 12.9. The normalized spacial score (nSPS) is 19.9. The Labute approximate surface area is 174 Å². The molecule has 0 bridgehead atoms. The number of rotatable bonds is 10. The Morgan fingerprint density at radius 3 is 2.53 bits per heavy atom. The van der Waals surface area contributed by atoms with E-state index in [9.17, 15) is 24.0 Å².